The molecule has 1 fully saturated rings. The number of hydrogen-bond donors (Lipinski definition) is 1. The van der Waals surface area contributed by atoms with Gasteiger partial charge in [-0.1, -0.05) is 11.6 Å². The molecule has 6 heteroatoms. The third-order valence-electron chi connectivity index (χ3n) is 6.23. The molecule has 3 aromatic rings. The highest BCUT2D eigenvalue weighted by molar-refractivity contribution is 5.87. The first-order valence-electron chi connectivity index (χ1n) is 10.1. The molecule has 1 N–H and O–H groups in total. The van der Waals surface area contributed by atoms with Gasteiger partial charge in [0.2, 0.25) is 5.91 Å². The number of carbonyl (C=O) groups is 1. The number of ether oxygens (including phenoxy) is 1. The molecule has 0 aliphatic carbocycles. The number of nitrogens with one attached hydrogen (secondary N) is 1. The number of H-pyrrole nitrogens is 1. The third kappa shape index (κ3) is 2.83. The van der Waals surface area contributed by atoms with Gasteiger partial charge in [0.15, 0.2) is 0 Å². The quantitative estimate of drug-likeness (QED) is 0.744. The van der Waals surface area contributed by atoms with Crippen molar-refractivity contribution in [1.82, 2.24) is 19.7 Å². The molecule has 1 saturated heterocycles. The van der Waals surface area contributed by atoms with Gasteiger partial charge in [0, 0.05) is 61.5 Å². The van der Waals surface area contributed by atoms with Crippen LogP contribution in [0.3, 0.4) is 0 Å². The maximum Gasteiger partial charge on any atom is 0.229 e. The second-order valence-corrected chi connectivity index (χ2v) is 8.06. The van der Waals surface area contributed by atoms with E-state index >= 15 is 0 Å². The van der Waals surface area contributed by atoms with Crippen molar-refractivity contribution >= 4 is 16.8 Å². The van der Waals surface area contributed by atoms with Crippen molar-refractivity contribution in [2.45, 2.75) is 38.8 Å². The second-order valence-electron chi connectivity index (χ2n) is 8.06. The molecule has 0 saturated carbocycles. The van der Waals surface area contributed by atoms with Crippen LogP contribution in [0.5, 0.6) is 0 Å². The largest absolute Gasteiger partial charge is 0.371 e. The van der Waals surface area contributed by atoms with Crippen molar-refractivity contribution in [3.8, 4) is 0 Å². The highest BCUT2D eigenvalue weighted by Gasteiger charge is 2.38. The molecule has 1 aromatic carbocycles. The number of aromatic amines is 1. The molecule has 0 radical (unpaired) electrons. The standard InChI is InChI=1S/C22H26N4O2/c1-14-5-6-18-16(12-14)17-13-26(10-8-19(17)24-18)22(27)15-4-3-11-28-21(15)20-7-9-23-25(20)2/h5-7,9,12,15,21,24H,3-4,8,10-11,13H2,1-2H3/t15-,21-/m1/s1. The van der Waals surface area contributed by atoms with E-state index in [2.05, 4.69) is 35.2 Å². The van der Waals surface area contributed by atoms with Gasteiger partial charge in [0.1, 0.15) is 6.10 Å². The Morgan fingerprint density at radius 1 is 1.32 bits per heavy atom. The molecule has 0 bridgehead atoms. The zero-order valence-electron chi connectivity index (χ0n) is 16.4. The number of aromatic nitrogens is 3. The van der Waals surface area contributed by atoms with Crippen LogP contribution in [0.2, 0.25) is 0 Å². The first-order chi connectivity index (χ1) is 13.6. The predicted molar refractivity (Wildman–Crippen MR) is 107 cm³/mol. The van der Waals surface area contributed by atoms with Gasteiger partial charge in [0.25, 0.3) is 0 Å². The van der Waals surface area contributed by atoms with E-state index in [1.54, 1.807) is 6.20 Å². The number of rotatable bonds is 2. The zero-order valence-corrected chi connectivity index (χ0v) is 16.4. The fourth-order valence-electron chi connectivity index (χ4n) is 4.74. The highest BCUT2D eigenvalue weighted by Crippen LogP contribution is 2.36. The summed E-state index contributed by atoms with van der Waals surface area (Å²) in [7, 11) is 1.91. The first kappa shape index (κ1) is 17.5. The summed E-state index contributed by atoms with van der Waals surface area (Å²) in [5.41, 5.74) is 5.94. The molecule has 5 rings (SSSR count). The van der Waals surface area contributed by atoms with E-state index in [1.807, 2.05) is 22.7 Å². The highest BCUT2D eigenvalue weighted by atomic mass is 16.5. The Balaban J connectivity index is 1.43. The van der Waals surface area contributed by atoms with Crippen LogP contribution in [-0.4, -0.2) is 38.7 Å². The Kier molecular flexibility index (Phi) is 4.23. The lowest BCUT2D eigenvalue weighted by Gasteiger charge is -2.36. The minimum atomic E-state index is -0.208. The molecular weight excluding hydrogens is 352 g/mol. The number of carbonyl (C=O) groups excluding carboxylic acids is 1. The maximum atomic E-state index is 13.5. The molecular formula is C22H26N4O2. The Morgan fingerprint density at radius 3 is 3.04 bits per heavy atom. The Bertz CT molecular complexity index is 1030. The fraction of sp³-hybridized carbons (Fsp3) is 0.455. The van der Waals surface area contributed by atoms with Gasteiger partial charge in [-0.15, -0.1) is 0 Å². The first-order valence-corrected chi connectivity index (χ1v) is 10.1. The number of aryl methyl sites for hydroxylation is 2. The van der Waals surface area contributed by atoms with E-state index < -0.39 is 0 Å². The average molecular weight is 378 g/mol. The summed E-state index contributed by atoms with van der Waals surface area (Å²) in [6.45, 7) is 4.24. The normalized spacial score (nSPS) is 22.4. The van der Waals surface area contributed by atoms with E-state index in [0.717, 1.165) is 31.5 Å². The fourth-order valence-corrected chi connectivity index (χ4v) is 4.74. The average Bonchev–Trinajstić information content (AvgIpc) is 3.30. The van der Waals surface area contributed by atoms with Crippen molar-refractivity contribution in [3.05, 3.63) is 53.0 Å². The van der Waals surface area contributed by atoms with Crippen LogP contribution >= 0.6 is 0 Å². The maximum absolute atomic E-state index is 13.5. The molecule has 28 heavy (non-hydrogen) atoms. The van der Waals surface area contributed by atoms with Gasteiger partial charge < -0.3 is 14.6 Å². The van der Waals surface area contributed by atoms with Crippen LogP contribution in [0.25, 0.3) is 10.9 Å². The number of fused-ring (bicyclic) bond motifs is 3. The van der Waals surface area contributed by atoms with Crippen LogP contribution in [-0.2, 0) is 29.5 Å². The summed E-state index contributed by atoms with van der Waals surface area (Å²) >= 11 is 0. The minimum absolute atomic E-state index is 0.141. The summed E-state index contributed by atoms with van der Waals surface area (Å²) in [6.07, 6.45) is 4.23. The number of nitrogens with zero attached hydrogens (tertiary/aromatic N) is 3. The summed E-state index contributed by atoms with van der Waals surface area (Å²) in [4.78, 5) is 19.1. The molecule has 1 amide bonds. The van der Waals surface area contributed by atoms with Gasteiger partial charge in [-0.25, -0.2) is 0 Å². The lowest BCUT2D eigenvalue weighted by Crippen LogP contribution is -2.43. The van der Waals surface area contributed by atoms with Gasteiger partial charge >= 0.3 is 0 Å². The third-order valence-corrected chi connectivity index (χ3v) is 6.23. The number of amides is 1. The van der Waals surface area contributed by atoms with E-state index in [-0.39, 0.29) is 17.9 Å². The molecule has 2 aliphatic rings. The Labute approximate surface area is 164 Å². The summed E-state index contributed by atoms with van der Waals surface area (Å²) in [5, 5.41) is 5.52. The van der Waals surface area contributed by atoms with E-state index in [4.69, 9.17) is 4.74 Å². The topological polar surface area (TPSA) is 63.1 Å². The lowest BCUT2D eigenvalue weighted by atomic mass is 9.90. The minimum Gasteiger partial charge on any atom is -0.371 e. The van der Waals surface area contributed by atoms with Crippen LogP contribution < -0.4 is 0 Å². The molecule has 2 atom stereocenters. The number of hydrogen-bond acceptors (Lipinski definition) is 3. The summed E-state index contributed by atoms with van der Waals surface area (Å²) in [5.74, 6) is 0.0659. The Morgan fingerprint density at radius 2 is 2.21 bits per heavy atom. The van der Waals surface area contributed by atoms with Crippen LogP contribution in [0.4, 0.5) is 0 Å². The van der Waals surface area contributed by atoms with Crippen molar-refractivity contribution in [2.24, 2.45) is 13.0 Å². The SMILES string of the molecule is Cc1ccc2[nH]c3c(c2c1)CN(C(=O)[C@@H]1CCCO[C@H]1c1ccnn1C)CC3. The number of benzene rings is 1. The van der Waals surface area contributed by atoms with Crippen molar-refractivity contribution in [2.75, 3.05) is 13.2 Å². The summed E-state index contributed by atoms with van der Waals surface area (Å²) in [6, 6.07) is 8.46. The monoisotopic (exact) mass is 378 g/mol. The van der Waals surface area contributed by atoms with Crippen LogP contribution in [0, 0.1) is 12.8 Å². The van der Waals surface area contributed by atoms with Crippen molar-refractivity contribution < 1.29 is 9.53 Å². The van der Waals surface area contributed by atoms with Gasteiger partial charge in [-0.2, -0.15) is 5.10 Å². The molecule has 6 nitrogen and oxygen atoms in total. The van der Waals surface area contributed by atoms with Crippen molar-refractivity contribution in [1.29, 1.82) is 0 Å². The molecule has 0 unspecified atom stereocenters. The smallest absolute Gasteiger partial charge is 0.229 e. The van der Waals surface area contributed by atoms with E-state index in [1.165, 1.54) is 27.7 Å². The predicted octanol–water partition coefficient (Wildman–Crippen LogP) is 3.26. The molecule has 2 aromatic heterocycles. The van der Waals surface area contributed by atoms with E-state index in [9.17, 15) is 4.79 Å². The van der Waals surface area contributed by atoms with Gasteiger partial charge in [-0.05, 0) is 38.0 Å². The lowest BCUT2D eigenvalue weighted by molar-refractivity contribution is -0.146. The summed E-state index contributed by atoms with van der Waals surface area (Å²) < 4.78 is 7.88. The molecule has 146 valence electrons. The zero-order chi connectivity index (χ0) is 19.3. The van der Waals surface area contributed by atoms with Crippen LogP contribution in [0.15, 0.2) is 30.5 Å². The van der Waals surface area contributed by atoms with Gasteiger partial charge in [-0.3, -0.25) is 9.48 Å². The van der Waals surface area contributed by atoms with Crippen molar-refractivity contribution in [3.63, 3.8) is 0 Å². The van der Waals surface area contributed by atoms with E-state index in [0.29, 0.717) is 13.2 Å². The van der Waals surface area contributed by atoms with Crippen LogP contribution in [0.1, 0.15) is 41.5 Å². The molecule has 4 heterocycles. The van der Waals surface area contributed by atoms with Gasteiger partial charge in [0.05, 0.1) is 11.6 Å². The second kappa shape index (κ2) is 6.78. The Hall–Kier alpha value is -2.60. The molecule has 2 aliphatic heterocycles. The molecule has 0 spiro atoms.